The number of likely N-dealkylation sites (tertiary alicyclic amines) is 1. The van der Waals surface area contributed by atoms with E-state index in [0.717, 1.165) is 6.54 Å². The van der Waals surface area contributed by atoms with Crippen molar-refractivity contribution in [1.29, 1.82) is 0 Å². The van der Waals surface area contributed by atoms with Crippen LogP contribution in [0.15, 0.2) is 0 Å². The molecule has 4 heteroatoms. The molecule has 0 radical (unpaired) electrons. The number of hydrogen-bond acceptors (Lipinski definition) is 4. The van der Waals surface area contributed by atoms with E-state index in [1.165, 1.54) is 91.0 Å². The maximum atomic E-state index is 5.56. The highest BCUT2D eigenvalue weighted by Crippen LogP contribution is 2.08. The van der Waals surface area contributed by atoms with E-state index in [9.17, 15) is 0 Å². The van der Waals surface area contributed by atoms with Crippen LogP contribution in [0.2, 0.25) is 0 Å². The van der Waals surface area contributed by atoms with Gasteiger partial charge in [0.15, 0.2) is 0 Å². The van der Waals surface area contributed by atoms with Gasteiger partial charge < -0.3 is 20.4 Å². The van der Waals surface area contributed by atoms with Gasteiger partial charge in [-0.05, 0) is 71.4 Å². The fourth-order valence-corrected chi connectivity index (χ4v) is 3.24. The lowest BCUT2D eigenvalue weighted by Gasteiger charge is -2.24. The van der Waals surface area contributed by atoms with Crippen LogP contribution in [0.5, 0.6) is 0 Å². The first-order chi connectivity index (χ1) is 9.38. The molecule has 19 heavy (non-hydrogen) atoms. The zero-order valence-corrected chi connectivity index (χ0v) is 12.5. The van der Waals surface area contributed by atoms with Crippen molar-refractivity contribution in [3.8, 4) is 0 Å². The SMILES string of the molecule is NCCCCN1CCCN(CCN2CCCC2)CC1. The molecule has 0 spiro atoms. The molecular formula is C15H32N4. The number of nitrogens with zero attached hydrogens (tertiary/aromatic N) is 3. The summed E-state index contributed by atoms with van der Waals surface area (Å²) in [5, 5.41) is 0. The molecule has 2 aliphatic rings. The molecule has 2 fully saturated rings. The van der Waals surface area contributed by atoms with Crippen molar-refractivity contribution in [1.82, 2.24) is 14.7 Å². The molecule has 2 N–H and O–H groups in total. The first-order valence-corrected chi connectivity index (χ1v) is 8.25. The molecule has 0 aromatic rings. The topological polar surface area (TPSA) is 35.7 Å². The summed E-state index contributed by atoms with van der Waals surface area (Å²) < 4.78 is 0. The molecule has 0 aliphatic carbocycles. The number of hydrogen-bond donors (Lipinski definition) is 1. The molecule has 0 aromatic carbocycles. The predicted molar refractivity (Wildman–Crippen MR) is 81.5 cm³/mol. The molecule has 0 unspecified atom stereocenters. The largest absolute Gasteiger partial charge is 0.330 e. The Labute approximate surface area is 118 Å². The standard InChI is InChI=1S/C15H32N4/c16-6-1-2-7-18-10-5-11-19(15-13-18)14-12-17-8-3-4-9-17/h1-16H2. The van der Waals surface area contributed by atoms with Gasteiger partial charge in [0.25, 0.3) is 0 Å². The molecule has 2 heterocycles. The van der Waals surface area contributed by atoms with E-state index >= 15 is 0 Å². The molecule has 0 amide bonds. The summed E-state index contributed by atoms with van der Waals surface area (Å²) in [7, 11) is 0. The summed E-state index contributed by atoms with van der Waals surface area (Å²) >= 11 is 0. The van der Waals surface area contributed by atoms with Crippen molar-refractivity contribution in [2.24, 2.45) is 5.73 Å². The van der Waals surface area contributed by atoms with E-state index in [4.69, 9.17) is 5.73 Å². The van der Waals surface area contributed by atoms with Gasteiger partial charge in [-0.15, -0.1) is 0 Å². The summed E-state index contributed by atoms with van der Waals surface area (Å²) in [6, 6.07) is 0. The minimum atomic E-state index is 0.843. The highest BCUT2D eigenvalue weighted by molar-refractivity contribution is 4.73. The second kappa shape index (κ2) is 8.90. The van der Waals surface area contributed by atoms with Crippen molar-refractivity contribution in [3.05, 3.63) is 0 Å². The van der Waals surface area contributed by atoms with Gasteiger partial charge in [-0.2, -0.15) is 0 Å². The molecule has 4 nitrogen and oxygen atoms in total. The minimum absolute atomic E-state index is 0.843. The van der Waals surface area contributed by atoms with Gasteiger partial charge in [-0.25, -0.2) is 0 Å². The molecule has 0 atom stereocenters. The Kier molecular flexibility index (Phi) is 7.14. The van der Waals surface area contributed by atoms with E-state index in [0.29, 0.717) is 0 Å². The monoisotopic (exact) mass is 268 g/mol. The summed E-state index contributed by atoms with van der Waals surface area (Å²) in [6.45, 7) is 12.4. The maximum absolute atomic E-state index is 5.56. The predicted octanol–water partition coefficient (Wildman–Crippen LogP) is 0.829. The van der Waals surface area contributed by atoms with Crippen LogP contribution < -0.4 is 5.73 Å². The fraction of sp³-hybridized carbons (Fsp3) is 1.00. The molecule has 0 aromatic heterocycles. The van der Waals surface area contributed by atoms with Gasteiger partial charge in [0.05, 0.1) is 0 Å². The first kappa shape index (κ1) is 15.2. The summed E-state index contributed by atoms with van der Waals surface area (Å²) in [5.41, 5.74) is 5.56. The third kappa shape index (κ3) is 5.78. The first-order valence-electron chi connectivity index (χ1n) is 8.25. The van der Waals surface area contributed by atoms with Gasteiger partial charge in [-0.1, -0.05) is 0 Å². The Hall–Kier alpha value is -0.160. The lowest BCUT2D eigenvalue weighted by molar-refractivity contribution is 0.222. The number of nitrogens with two attached hydrogens (primary N) is 1. The molecule has 2 aliphatic heterocycles. The minimum Gasteiger partial charge on any atom is -0.330 e. The van der Waals surface area contributed by atoms with Crippen LogP contribution >= 0.6 is 0 Å². The number of rotatable bonds is 7. The van der Waals surface area contributed by atoms with Crippen molar-refractivity contribution in [3.63, 3.8) is 0 Å². The van der Waals surface area contributed by atoms with Crippen LogP contribution in [-0.2, 0) is 0 Å². The van der Waals surface area contributed by atoms with E-state index in [1.807, 2.05) is 0 Å². The van der Waals surface area contributed by atoms with Gasteiger partial charge >= 0.3 is 0 Å². The van der Waals surface area contributed by atoms with Gasteiger partial charge in [-0.3, -0.25) is 0 Å². The fourth-order valence-electron chi connectivity index (χ4n) is 3.24. The Balaban J connectivity index is 1.59. The second-order valence-electron chi connectivity index (χ2n) is 6.08. The zero-order chi connectivity index (χ0) is 13.3. The van der Waals surface area contributed by atoms with Crippen molar-refractivity contribution < 1.29 is 0 Å². The average Bonchev–Trinajstić information content (AvgIpc) is 2.84. The van der Waals surface area contributed by atoms with Crippen molar-refractivity contribution in [2.45, 2.75) is 32.1 Å². The Morgan fingerprint density at radius 3 is 1.74 bits per heavy atom. The van der Waals surface area contributed by atoms with Crippen LogP contribution in [-0.4, -0.2) is 80.1 Å². The Morgan fingerprint density at radius 1 is 0.579 bits per heavy atom. The van der Waals surface area contributed by atoms with Gasteiger partial charge in [0, 0.05) is 26.2 Å². The van der Waals surface area contributed by atoms with Crippen molar-refractivity contribution >= 4 is 0 Å². The van der Waals surface area contributed by atoms with E-state index in [-0.39, 0.29) is 0 Å². The summed E-state index contributed by atoms with van der Waals surface area (Å²) in [5.74, 6) is 0. The van der Waals surface area contributed by atoms with Crippen LogP contribution in [0.1, 0.15) is 32.1 Å². The van der Waals surface area contributed by atoms with Gasteiger partial charge in [0.1, 0.15) is 0 Å². The van der Waals surface area contributed by atoms with Crippen LogP contribution in [0.25, 0.3) is 0 Å². The molecule has 0 saturated carbocycles. The number of unbranched alkanes of at least 4 members (excludes halogenated alkanes) is 1. The Morgan fingerprint density at radius 2 is 1.11 bits per heavy atom. The van der Waals surface area contributed by atoms with Crippen LogP contribution in [0.3, 0.4) is 0 Å². The lowest BCUT2D eigenvalue weighted by Crippen LogP contribution is -2.36. The van der Waals surface area contributed by atoms with E-state index < -0.39 is 0 Å². The summed E-state index contributed by atoms with van der Waals surface area (Å²) in [4.78, 5) is 7.93. The normalized spacial score (nSPS) is 23.8. The third-order valence-corrected chi connectivity index (χ3v) is 4.54. The van der Waals surface area contributed by atoms with E-state index in [1.54, 1.807) is 0 Å². The molecular weight excluding hydrogens is 236 g/mol. The second-order valence-corrected chi connectivity index (χ2v) is 6.08. The smallest absolute Gasteiger partial charge is 0.0110 e. The molecule has 112 valence electrons. The quantitative estimate of drug-likeness (QED) is 0.694. The van der Waals surface area contributed by atoms with Gasteiger partial charge in [0.2, 0.25) is 0 Å². The third-order valence-electron chi connectivity index (χ3n) is 4.54. The zero-order valence-electron chi connectivity index (χ0n) is 12.5. The lowest BCUT2D eigenvalue weighted by atomic mass is 10.3. The molecule has 2 rings (SSSR count). The van der Waals surface area contributed by atoms with E-state index in [2.05, 4.69) is 14.7 Å². The summed E-state index contributed by atoms with van der Waals surface area (Å²) in [6.07, 6.45) is 6.60. The van der Waals surface area contributed by atoms with Crippen molar-refractivity contribution in [2.75, 3.05) is 65.4 Å². The van der Waals surface area contributed by atoms with Crippen LogP contribution in [0.4, 0.5) is 0 Å². The molecule has 2 saturated heterocycles. The Bertz CT molecular complexity index is 228. The highest BCUT2D eigenvalue weighted by atomic mass is 15.2. The highest BCUT2D eigenvalue weighted by Gasteiger charge is 2.16. The average molecular weight is 268 g/mol. The molecule has 0 bridgehead atoms. The maximum Gasteiger partial charge on any atom is 0.0110 e. The van der Waals surface area contributed by atoms with Crippen LogP contribution in [0, 0.1) is 0 Å².